The molecule has 2 aromatic carbocycles. The number of carbonyl (C=O) groups is 3. The zero-order chi connectivity index (χ0) is 18.2. The van der Waals surface area contributed by atoms with Crippen LogP contribution in [0.5, 0.6) is 0 Å². The van der Waals surface area contributed by atoms with E-state index in [1.165, 1.54) is 0 Å². The van der Waals surface area contributed by atoms with E-state index in [1.807, 2.05) is 6.07 Å². The van der Waals surface area contributed by atoms with Gasteiger partial charge >= 0.3 is 5.97 Å². The molecule has 2 aromatic rings. The summed E-state index contributed by atoms with van der Waals surface area (Å²) < 4.78 is 0. The van der Waals surface area contributed by atoms with Crippen LogP contribution >= 0.6 is 0 Å². The number of carboxylic acid groups (broad SMARTS) is 1. The van der Waals surface area contributed by atoms with Crippen molar-refractivity contribution in [3.63, 3.8) is 0 Å². The fraction of sp³-hybridized carbons (Fsp3) is 0.167. The summed E-state index contributed by atoms with van der Waals surface area (Å²) in [5, 5.41) is 13.5. The van der Waals surface area contributed by atoms with Crippen molar-refractivity contribution in [2.45, 2.75) is 12.5 Å². The van der Waals surface area contributed by atoms with E-state index in [2.05, 4.69) is 10.6 Å². The summed E-state index contributed by atoms with van der Waals surface area (Å²) in [5.41, 5.74) is 7.74. The van der Waals surface area contributed by atoms with Crippen molar-refractivity contribution in [1.29, 1.82) is 0 Å². The molecule has 0 aromatic heterocycles. The second kappa shape index (κ2) is 8.60. The van der Waals surface area contributed by atoms with Crippen LogP contribution in [-0.4, -0.2) is 35.5 Å². The number of nitrogens with two attached hydrogens (primary N) is 1. The lowest BCUT2D eigenvalue weighted by Gasteiger charge is -2.12. The second-order valence-corrected chi connectivity index (χ2v) is 5.44. The van der Waals surface area contributed by atoms with Crippen LogP contribution in [0.4, 0.5) is 5.69 Å². The number of hydrogen-bond donors (Lipinski definition) is 4. The number of aliphatic carboxylic acids is 1. The maximum atomic E-state index is 12.1. The largest absolute Gasteiger partial charge is 0.480 e. The van der Waals surface area contributed by atoms with Crippen LogP contribution in [0.15, 0.2) is 54.6 Å². The number of hydrogen-bond acceptors (Lipinski definition) is 4. The predicted molar refractivity (Wildman–Crippen MR) is 93.2 cm³/mol. The highest BCUT2D eigenvalue weighted by Crippen LogP contribution is 2.12. The zero-order valence-electron chi connectivity index (χ0n) is 13.4. The average molecular weight is 341 g/mol. The Kier molecular flexibility index (Phi) is 6.25. The first-order valence-electron chi connectivity index (χ1n) is 7.66. The van der Waals surface area contributed by atoms with Crippen LogP contribution in [0, 0.1) is 0 Å². The van der Waals surface area contributed by atoms with E-state index < -0.39 is 24.5 Å². The highest BCUT2D eigenvalue weighted by Gasteiger charge is 2.15. The number of carboxylic acids is 1. The summed E-state index contributed by atoms with van der Waals surface area (Å²) >= 11 is 0. The number of amides is 2. The number of carbonyl (C=O) groups excluding carboxylic acids is 2. The summed E-state index contributed by atoms with van der Waals surface area (Å²) in [6.45, 7) is -0.461. The van der Waals surface area contributed by atoms with Gasteiger partial charge in [0.1, 0.15) is 6.54 Å². The summed E-state index contributed by atoms with van der Waals surface area (Å²) in [6, 6.07) is 15.0. The Balaban J connectivity index is 1.90. The Hall–Kier alpha value is -3.19. The van der Waals surface area contributed by atoms with Gasteiger partial charge in [0.25, 0.3) is 5.91 Å². The molecule has 0 heterocycles. The van der Waals surface area contributed by atoms with Crippen molar-refractivity contribution in [2.75, 3.05) is 11.9 Å². The maximum Gasteiger partial charge on any atom is 0.322 e. The highest BCUT2D eigenvalue weighted by molar-refractivity contribution is 6.04. The first-order chi connectivity index (χ1) is 12.0. The molecule has 0 aliphatic rings. The molecule has 25 heavy (non-hydrogen) atoms. The average Bonchev–Trinajstić information content (AvgIpc) is 2.62. The van der Waals surface area contributed by atoms with E-state index in [0.29, 0.717) is 11.3 Å². The first kappa shape index (κ1) is 18.2. The first-order valence-corrected chi connectivity index (χ1v) is 7.66. The van der Waals surface area contributed by atoms with Gasteiger partial charge in [-0.05, 0) is 36.2 Å². The summed E-state index contributed by atoms with van der Waals surface area (Å²) in [7, 11) is 0. The van der Waals surface area contributed by atoms with Crippen molar-refractivity contribution in [3.8, 4) is 0 Å². The van der Waals surface area contributed by atoms with Gasteiger partial charge in [-0.15, -0.1) is 0 Å². The molecular formula is C18H19N3O4. The molecule has 0 aliphatic heterocycles. The molecule has 0 aliphatic carbocycles. The molecule has 0 radical (unpaired) electrons. The lowest BCUT2D eigenvalue weighted by Crippen LogP contribution is -2.43. The van der Waals surface area contributed by atoms with Crippen molar-refractivity contribution in [2.24, 2.45) is 5.73 Å². The van der Waals surface area contributed by atoms with E-state index in [-0.39, 0.29) is 12.3 Å². The van der Waals surface area contributed by atoms with Crippen molar-refractivity contribution >= 4 is 23.5 Å². The third kappa shape index (κ3) is 5.74. The molecule has 0 bridgehead atoms. The monoisotopic (exact) mass is 341 g/mol. The smallest absolute Gasteiger partial charge is 0.322 e. The van der Waals surface area contributed by atoms with Crippen LogP contribution in [0.3, 0.4) is 0 Å². The van der Waals surface area contributed by atoms with E-state index >= 15 is 0 Å². The van der Waals surface area contributed by atoms with E-state index in [4.69, 9.17) is 10.8 Å². The number of rotatable bonds is 7. The van der Waals surface area contributed by atoms with Gasteiger partial charge in [0.05, 0.1) is 6.04 Å². The fourth-order valence-corrected chi connectivity index (χ4v) is 2.16. The standard InChI is InChI=1S/C18H19N3O4/c19-15(18(25)20-11-16(22)23)10-12-6-8-14(9-7-12)21-17(24)13-4-2-1-3-5-13/h1-9,15H,10-11,19H2,(H,20,25)(H,21,24)(H,22,23). The molecule has 0 fully saturated rings. The molecule has 2 amide bonds. The van der Waals surface area contributed by atoms with E-state index in [9.17, 15) is 14.4 Å². The van der Waals surface area contributed by atoms with E-state index in [1.54, 1.807) is 48.5 Å². The SMILES string of the molecule is NC(Cc1ccc(NC(=O)c2ccccc2)cc1)C(=O)NCC(=O)O. The van der Waals surface area contributed by atoms with Crippen LogP contribution in [0.1, 0.15) is 15.9 Å². The minimum Gasteiger partial charge on any atom is -0.480 e. The minimum absolute atomic E-state index is 0.210. The normalized spacial score (nSPS) is 11.4. The summed E-state index contributed by atoms with van der Waals surface area (Å²) in [5.74, 6) is -1.86. The molecule has 7 heteroatoms. The van der Waals surface area contributed by atoms with Gasteiger partial charge in [-0.25, -0.2) is 0 Å². The molecule has 0 saturated heterocycles. The Morgan fingerprint density at radius 1 is 1.00 bits per heavy atom. The molecule has 2 rings (SSSR count). The molecule has 0 spiro atoms. The van der Waals surface area contributed by atoms with Gasteiger partial charge < -0.3 is 21.5 Å². The molecule has 0 saturated carbocycles. The summed E-state index contributed by atoms with van der Waals surface area (Å²) in [4.78, 5) is 34.1. The molecular weight excluding hydrogens is 322 g/mol. The Morgan fingerprint density at radius 3 is 2.24 bits per heavy atom. The van der Waals surface area contributed by atoms with Gasteiger partial charge in [0, 0.05) is 11.3 Å². The zero-order valence-corrected chi connectivity index (χ0v) is 13.4. The van der Waals surface area contributed by atoms with Gasteiger partial charge in [-0.3, -0.25) is 14.4 Å². The number of anilines is 1. The van der Waals surface area contributed by atoms with Crippen molar-refractivity contribution < 1.29 is 19.5 Å². The topological polar surface area (TPSA) is 122 Å². The Bertz CT molecular complexity index is 745. The van der Waals surface area contributed by atoms with Gasteiger partial charge in [0.2, 0.25) is 5.91 Å². The molecule has 130 valence electrons. The fourth-order valence-electron chi connectivity index (χ4n) is 2.16. The second-order valence-electron chi connectivity index (χ2n) is 5.44. The predicted octanol–water partition coefficient (Wildman–Crippen LogP) is 1.01. The molecule has 1 unspecified atom stereocenters. The van der Waals surface area contributed by atoms with Crippen LogP contribution in [0.2, 0.25) is 0 Å². The quantitative estimate of drug-likeness (QED) is 0.599. The molecule has 1 atom stereocenters. The van der Waals surface area contributed by atoms with Crippen molar-refractivity contribution in [3.05, 3.63) is 65.7 Å². The van der Waals surface area contributed by atoms with Crippen LogP contribution in [0.25, 0.3) is 0 Å². The van der Waals surface area contributed by atoms with Gasteiger partial charge in [-0.1, -0.05) is 30.3 Å². The maximum absolute atomic E-state index is 12.1. The highest BCUT2D eigenvalue weighted by atomic mass is 16.4. The van der Waals surface area contributed by atoms with Crippen LogP contribution in [-0.2, 0) is 16.0 Å². The third-order valence-electron chi connectivity index (χ3n) is 3.45. The summed E-state index contributed by atoms with van der Waals surface area (Å²) in [6.07, 6.45) is 0.262. The van der Waals surface area contributed by atoms with E-state index in [0.717, 1.165) is 5.56 Å². The Labute approximate surface area is 144 Å². The minimum atomic E-state index is -1.13. The lowest BCUT2D eigenvalue weighted by molar-refractivity contribution is -0.138. The molecule has 5 N–H and O–H groups in total. The van der Waals surface area contributed by atoms with Crippen LogP contribution < -0.4 is 16.4 Å². The van der Waals surface area contributed by atoms with Crippen molar-refractivity contribution in [1.82, 2.24) is 5.32 Å². The third-order valence-corrected chi connectivity index (χ3v) is 3.45. The molecule has 7 nitrogen and oxygen atoms in total. The lowest BCUT2D eigenvalue weighted by atomic mass is 10.1. The van der Waals surface area contributed by atoms with Gasteiger partial charge in [-0.2, -0.15) is 0 Å². The number of benzene rings is 2. The van der Waals surface area contributed by atoms with Gasteiger partial charge in [0.15, 0.2) is 0 Å². The number of nitrogens with one attached hydrogen (secondary N) is 2. The Morgan fingerprint density at radius 2 is 1.64 bits per heavy atom.